The minimum absolute atomic E-state index is 0.187. The molecule has 1 unspecified atom stereocenters. The standard InChI is InChI=1S/C14H23NO4/c1-5-18-12(16)9-14(10-15,8-7-11(3)4)13(17)19-6-2/h11H,5-9H2,1-4H3. The lowest BCUT2D eigenvalue weighted by atomic mass is 9.80. The van der Waals surface area contributed by atoms with Gasteiger partial charge in [-0.3, -0.25) is 9.59 Å². The van der Waals surface area contributed by atoms with Crippen LogP contribution in [0.4, 0.5) is 0 Å². The minimum atomic E-state index is -1.42. The maximum absolute atomic E-state index is 12.0. The Balaban J connectivity index is 5.01. The zero-order chi connectivity index (χ0) is 14.9. The highest BCUT2D eigenvalue weighted by atomic mass is 16.5. The van der Waals surface area contributed by atoms with Crippen molar-refractivity contribution in [1.82, 2.24) is 0 Å². The summed E-state index contributed by atoms with van der Waals surface area (Å²) in [7, 11) is 0. The molecule has 0 saturated heterocycles. The largest absolute Gasteiger partial charge is 0.466 e. The number of hydrogen-bond donors (Lipinski definition) is 0. The molecule has 0 spiro atoms. The first kappa shape index (κ1) is 17.4. The second-order valence-electron chi connectivity index (χ2n) is 4.83. The first-order valence-corrected chi connectivity index (χ1v) is 6.66. The molecule has 0 aromatic rings. The van der Waals surface area contributed by atoms with Crippen molar-refractivity contribution in [2.24, 2.45) is 11.3 Å². The van der Waals surface area contributed by atoms with Crippen LogP contribution in [-0.4, -0.2) is 25.2 Å². The van der Waals surface area contributed by atoms with Crippen molar-refractivity contribution in [2.45, 2.75) is 47.0 Å². The van der Waals surface area contributed by atoms with Crippen LogP contribution in [0.1, 0.15) is 47.0 Å². The highest BCUT2D eigenvalue weighted by molar-refractivity contribution is 5.86. The van der Waals surface area contributed by atoms with E-state index in [9.17, 15) is 14.9 Å². The Morgan fingerprint density at radius 1 is 1.21 bits per heavy atom. The summed E-state index contributed by atoms with van der Waals surface area (Å²) in [5.41, 5.74) is -1.42. The first-order valence-electron chi connectivity index (χ1n) is 6.66. The van der Waals surface area contributed by atoms with Crippen molar-refractivity contribution in [3.8, 4) is 6.07 Å². The molecule has 0 aliphatic heterocycles. The third-order valence-electron chi connectivity index (χ3n) is 2.78. The van der Waals surface area contributed by atoms with Gasteiger partial charge in [0.25, 0.3) is 0 Å². The van der Waals surface area contributed by atoms with E-state index < -0.39 is 17.4 Å². The van der Waals surface area contributed by atoms with Gasteiger partial charge in [0.2, 0.25) is 0 Å². The zero-order valence-electron chi connectivity index (χ0n) is 12.2. The maximum atomic E-state index is 12.0. The van der Waals surface area contributed by atoms with Crippen LogP contribution >= 0.6 is 0 Å². The molecular weight excluding hydrogens is 246 g/mol. The first-order chi connectivity index (χ1) is 8.91. The third kappa shape index (κ3) is 5.73. The highest BCUT2D eigenvalue weighted by Crippen LogP contribution is 2.31. The van der Waals surface area contributed by atoms with Crippen LogP contribution in [0.2, 0.25) is 0 Å². The van der Waals surface area contributed by atoms with E-state index in [-0.39, 0.29) is 19.6 Å². The Hall–Kier alpha value is -1.57. The minimum Gasteiger partial charge on any atom is -0.466 e. The van der Waals surface area contributed by atoms with Crippen LogP contribution in [0.5, 0.6) is 0 Å². The molecule has 0 aromatic carbocycles. The van der Waals surface area contributed by atoms with E-state index in [1.54, 1.807) is 13.8 Å². The monoisotopic (exact) mass is 269 g/mol. The normalized spacial score (nSPS) is 13.5. The summed E-state index contributed by atoms with van der Waals surface area (Å²) < 4.78 is 9.78. The summed E-state index contributed by atoms with van der Waals surface area (Å²) in [5.74, 6) is -0.837. The highest BCUT2D eigenvalue weighted by Gasteiger charge is 2.42. The van der Waals surface area contributed by atoms with E-state index in [1.807, 2.05) is 19.9 Å². The van der Waals surface area contributed by atoms with Crippen LogP contribution < -0.4 is 0 Å². The molecule has 0 radical (unpaired) electrons. The predicted molar refractivity (Wildman–Crippen MR) is 70.0 cm³/mol. The van der Waals surface area contributed by atoms with E-state index in [0.717, 1.165) is 0 Å². The van der Waals surface area contributed by atoms with Crippen molar-refractivity contribution in [3.63, 3.8) is 0 Å². The SMILES string of the molecule is CCOC(=O)CC(C#N)(CCC(C)C)C(=O)OCC. The van der Waals surface area contributed by atoms with Gasteiger partial charge in [-0.25, -0.2) is 0 Å². The second kappa shape index (κ2) is 8.52. The lowest BCUT2D eigenvalue weighted by Crippen LogP contribution is -2.35. The summed E-state index contributed by atoms with van der Waals surface area (Å²) in [5, 5.41) is 9.34. The summed E-state index contributed by atoms with van der Waals surface area (Å²) in [6.07, 6.45) is 0.730. The van der Waals surface area contributed by atoms with Crippen LogP contribution in [0.3, 0.4) is 0 Å². The summed E-state index contributed by atoms with van der Waals surface area (Å²) in [6.45, 7) is 7.77. The van der Waals surface area contributed by atoms with Gasteiger partial charge in [0.05, 0.1) is 25.7 Å². The van der Waals surface area contributed by atoms with Gasteiger partial charge < -0.3 is 9.47 Å². The van der Waals surface area contributed by atoms with Crippen LogP contribution in [0.15, 0.2) is 0 Å². The van der Waals surface area contributed by atoms with Crippen LogP contribution in [-0.2, 0) is 19.1 Å². The van der Waals surface area contributed by atoms with Crippen molar-refractivity contribution in [1.29, 1.82) is 5.26 Å². The van der Waals surface area contributed by atoms with Gasteiger partial charge in [-0.05, 0) is 32.6 Å². The van der Waals surface area contributed by atoms with Crippen molar-refractivity contribution in [2.75, 3.05) is 13.2 Å². The van der Waals surface area contributed by atoms with Crippen molar-refractivity contribution in [3.05, 3.63) is 0 Å². The molecule has 1 atom stereocenters. The number of nitriles is 1. The molecule has 0 aliphatic carbocycles. The fourth-order valence-electron chi connectivity index (χ4n) is 1.67. The van der Waals surface area contributed by atoms with Gasteiger partial charge in [0.1, 0.15) is 0 Å². The third-order valence-corrected chi connectivity index (χ3v) is 2.78. The van der Waals surface area contributed by atoms with Crippen molar-refractivity contribution < 1.29 is 19.1 Å². The number of hydrogen-bond acceptors (Lipinski definition) is 5. The number of nitrogens with zero attached hydrogens (tertiary/aromatic N) is 1. The number of esters is 2. The molecule has 0 heterocycles. The Kier molecular flexibility index (Phi) is 7.81. The molecule has 5 heteroatoms. The van der Waals surface area contributed by atoms with Gasteiger partial charge in [0, 0.05) is 0 Å². The average Bonchev–Trinajstić information content (AvgIpc) is 2.35. The van der Waals surface area contributed by atoms with Crippen molar-refractivity contribution >= 4 is 11.9 Å². The van der Waals surface area contributed by atoms with Gasteiger partial charge in [0.15, 0.2) is 5.41 Å². The Bertz CT molecular complexity index is 346. The summed E-state index contributed by atoms with van der Waals surface area (Å²) in [6, 6.07) is 1.97. The quantitative estimate of drug-likeness (QED) is 0.632. The molecule has 0 amide bonds. The van der Waals surface area contributed by atoms with Gasteiger partial charge in [-0.15, -0.1) is 0 Å². The molecular formula is C14H23NO4. The Morgan fingerprint density at radius 3 is 2.21 bits per heavy atom. The van der Waals surface area contributed by atoms with E-state index in [1.165, 1.54) is 0 Å². The molecule has 0 saturated carbocycles. The predicted octanol–water partition coefficient (Wildman–Crippen LogP) is 2.45. The molecule has 0 bridgehead atoms. The number of carbonyl (C=O) groups is 2. The molecule has 0 aliphatic rings. The molecule has 5 nitrogen and oxygen atoms in total. The molecule has 108 valence electrons. The number of rotatable bonds is 8. The van der Waals surface area contributed by atoms with Crippen LogP contribution in [0, 0.1) is 22.7 Å². The van der Waals surface area contributed by atoms with Gasteiger partial charge in [-0.1, -0.05) is 13.8 Å². The molecule has 0 aromatic heterocycles. The molecule has 0 rings (SSSR count). The smallest absolute Gasteiger partial charge is 0.327 e. The van der Waals surface area contributed by atoms with E-state index in [4.69, 9.17) is 9.47 Å². The zero-order valence-corrected chi connectivity index (χ0v) is 12.2. The lowest BCUT2D eigenvalue weighted by molar-refractivity contribution is -0.159. The Labute approximate surface area is 114 Å². The van der Waals surface area contributed by atoms with Gasteiger partial charge in [-0.2, -0.15) is 5.26 Å². The summed E-state index contributed by atoms with van der Waals surface area (Å²) >= 11 is 0. The molecule has 19 heavy (non-hydrogen) atoms. The summed E-state index contributed by atoms with van der Waals surface area (Å²) in [4.78, 5) is 23.6. The van der Waals surface area contributed by atoms with E-state index in [2.05, 4.69) is 0 Å². The number of carbonyl (C=O) groups excluding carboxylic acids is 2. The maximum Gasteiger partial charge on any atom is 0.327 e. The lowest BCUT2D eigenvalue weighted by Gasteiger charge is -2.24. The topological polar surface area (TPSA) is 76.4 Å². The molecule has 0 N–H and O–H groups in total. The molecule has 0 fully saturated rings. The van der Waals surface area contributed by atoms with Crippen LogP contribution in [0.25, 0.3) is 0 Å². The average molecular weight is 269 g/mol. The fourth-order valence-corrected chi connectivity index (χ4v) is 1.67. The van der Waals surface area contributed by atoms with Gasteiger partial charge >= 0.3 is 11.9 Å². The second-order valence-corrected chi connectivity index (χ2v) is 4.83. The van der Waals surface area contributed by atoms with E-state index >= 15 is 0 Å². The van der Waals surface area contributed by atoms with E-state index in [0.29, 0.717) is 18.8 Å². The number of ether oxygens (including phenoxy) is 2. The Morgan fingerprint density at radius 2 is 1.79 bits per heavy atom. The fraction of sp³-hybridized carbons (Fsp3) is 0.786.